The molecule has 0 bridgehead atoms. The Labute approximate surface area is 616 Å². The summed E-state index contributed by atoms with van der Waals surface area (Å²) >= 11 is 0. The predicted octanol–water partition coefficient (Wildman–Crippen LogP) is 22.2. The van der Waals surface area contributed by atoms with Gasteiger partial charge in [0.15, 0.2) is 12.2 Å². The fraction of sp³-hybridized carbons (Fsp3) is 0.614. The average molecular weight is 1470 g/mol. The first-order chi connectivity index (χ1) is 49.7. The normalized spacial score (nSPS) is 14.9. The molecule has 5 atom stereocenters. The van der Waals surface area contributed by atoms with Crippen LogP contribution < -0.4 is 0 Å². The summed E-state index contributed by atoms with van der Waals surface area (Å²) in [7, 11) is -10.00. The van der Waals surface area contributed by atoms with Gasteiger partial charge in [0.1, 0.15) is 19.3 Å². The molecular formula is C83H134O17P2. The van der Waals surface area contributed by atoms with E-state index in [1.807, 2.05) is 12.2 Å². The third kappa shape index (κ3) is 72.8. The van der Waals surface area contributed by atoms with Gasteiger partial charge in [-0.2, -0.15) is 0 Å². The van der Waals surface area contributed by atoms with Crippen LogP contribution in [0.5, 0.6) is 0 Å². The Hall–Kier alpha value is -5.58. The maximum atomic E-state index is 13.1. The quantitative estimate of drug-likeness (QED) is 0.0169. The first-order valence-corrected chi connectivity index (χ1v) is 41.4. The summed E-state index contributed by atoms with van der Waals surface area (Å²) in [6, 6.07) is 0. The number of allylic oxidation sites excluding steroid dienone is 28. The molecule has 0 aliphatic heterocycles. The second-order valence-corrected chi connectivity index (χ2v) is 27.7. The highest BCUT2D eigenvalue weighted by Crippen LogP contribution is 2.45. The molecule has 0 amide bonds. The second-order valence-electron chi connectivity index (χ2n) is 24.8. The number of phosphoric ester groups is 2. The molecule has 0 saturated heterocycles. The van der Waals surface area contributed by atoms with Crippen molar-refractivity contribution in [3.05, 3.63) is 170 Å². The van der Waals surface area contributed by atoms with Crippen molar-refractivity contribution in [2.45, 2.75) is 290 Å². The van der Waals surface area contributed by atoms with E-state index in [0.717, 1.165) is 173 Å². The SMILES string of the molecule is CC/C=C\C/C=C\C/C=C\C/C=C\C/C=C\CCCCCC(=O)OCC(COP(=O)(O)OCC(O)COP(=O)(O)OCC(COC(=O)CCC/C=C\C/C=C\C/C=C\C/C=C\C/C=C\CC)OC(=O)CCCCCCC/C=C\C/C=C\C/C=C\CC)OC(=O)CCCCCCC/C=C\CCCC. The number of aliphatic hydroxyl groups is 1. The van der Waals surface area contributed by atoms with Crippen LogP contribution in [0.1, 0.15) is 272 Å². The fourth-order valence-corrected chi connectivity index (χ4v) is 11.0. The van der Waals surface area contributed by atoms with Crippen LogP contribution in [0.25, 0.3) is 0 Å². The van der Waals surface area contributed by atoms with Crippen LogP contribution >= 0.6 is 15.6 Å². The Morgan fingerprint density at radius 2 is 0.520 bits per heavy atom. The minimum absolute atomic E-state index is 0.0564. The minimum atomic E-state index is -5.00. The number of unbranched alkanes of at least 4 members (excludes halogenated alkanes) is 16. The molecule has 5 unspecified atom stereocenters. The van der Waals surface area contributed by atoms with Crippen LogP contribution in [0, 0.1) is 0 Å². The van der Waals surface area contributed by atoms with E-state index in [1.165, 1.54) is 12.8 Å². The van der Waals surface area contributed by atoms with Gasteiger partial charge in [0.05, 0.1) is 26.4 Å². The van der Waals surface area contributed by atoms with E-state index in [9.17, 15) is 43.2 Å². The number of hydrogen-bond acceptors (Lipinski definition) is 15. The topological polar surface area (TPSA) is 237 Å². The molecule has 0 spiro atoms. The van der Waals surface area contributed by atoms with Crippen molar-refractivity contribution in [2.75, 3.05) is 39.6 Å². The van der Waals surface area contributed by atoms with Crippen molar-refractivity contribution < 1.29 is 80.2 Å². The van der Waals surface area contributed by atoms with Gasteiger partial charge in [0, 0.05) is 25.7 Å². The van der Waals surface area contributed by atoms with Crippen molar-refractivity contribution in [3.63, 3.8) is 0 Å². The molecule has 0 aliphatic rings. The number of rotatable bonds is 70. The molecule has 0 rings (SSSR count). The summed E-state index contributed by atoms with van der Waals surface area (Å²) in [6.45, 7) is 4.33. The van der Waals surface area contributed by atoms with Gasteiger partial charge in [0.25, 0.3) is 0 Å². The highest BCUT2D eigenvalue weighted by atomic mass is 31.2. The molecule has 0 aromatic rings. The lowest BCUT2D eigenvalue weighted by Crippen LogP contribution is -2.30. The first kappa shape index (κ1) is 96.4. The highest BCUT2D eigenvalue weighted by molar-refractivity contribution is 7.47. The summed E-state index contributed by atoms with van der Waals surface area (Å²) in [6.07, 6.45) is 86.4. The lowest BCUT2D eigenvalue weighted by molar-refractivity contribution is -0.161. The van der Waals surface area contributed by atoms with E-state index >= 15 is 0 Å². The average Bonchev–Trinajstić information content (AvgIpc) is 0.926. The third-order valence-electron chi connectivity index (χ3n) is 15.2. The largest absolute Gasteiger partial charge is 0.472 e. The van der Waals surface area contributed by atoms with Crippen LogP contribution in [0.4, 0.5) is 0 Å². The zero-order valence-corrected chi connectivity index (χ0v) is 64.8. The Morgan fingerprint density at radius 1 is 0.284 bits per heavy atom. The Morgan fingerprint density at radius 3 is 0.843 bits per heavy atom. The van der Waals surface area contributed by atoms with Crippen LogP contribution in [-0.4, -0.2) is 96.7 Å². The van der Waals surface area contributed by atoms with Crippen molar-refractivity contribution in [1.29, 1.82) is 0 Å². The second kappa shape index (κ2) is 73.7. The van der Waals surface area contributed by atoms with Gasteiger partial charge in [-0.3, -0.25) is 37.3 Å². The van der Waals surface area contributed by atoms with Gasteiger partial charge in [-0.05, 0) is 161 Å². The van der Waals surface area contributed by atoms with E-state index in [-0.39, 0.29) is 25.7 Å². The van der Waals surface area contributed by atoms with Gasteiger partial charge >= 0.3 is 39.5 Å². The third-order valence-corrected chi connectivity index (χ3v) is 17.1. The number of aliphatic hydroxyl groups excluding tert-OH is 1. The van der Waals surface area contributed by atoms with Gasteiger partial charge in [-0.25, -0.2) is 9.13 Å². The van der Waals surface area contributed by atoms with Crippen LogP contribution in [0.15, 0.2) is 170 Å². The molecule has 3 N–H and O–H groups in total. The Bertz CT molecular complexity index is 2600. The molecule has 0 heterocycles. The van der Waals surface area contributed by atoms with E-state index in [4.69, 9.17) is 37.0 Å². The molecule has 0 saturated carbocycles. The van der Waals surface area contributed by atoms with Gasteiger partial charge in [0.2, 0.25) is 0 Å². The van der Waals surface area contributed by atoms with E-state index in [1.54, 1.807) is 0 Å². The number of phosphoric acid groups is 2. The van der Waals surface area contributed by atoms with Gasteiger partial charge in [-0.1, -0.05) is 256 Å². The number of carbonyl (C=O) groups is 4. The molecule has 19 heteroatoms. The maximum Gasteiger partial charge on any atom is 0.472 e. The summed E-state index contributed by atoms with van der Waals surface area (Å²) in [5.74, 6) is -2.32. The Balaban J connectivity index is 5.43. The number of ether oxygens (including phenoxy) is 4. The van der Waals surface area contributed by atoms with Crippen LogP contribution in [0.2, 0.25) is 0 Å². The highest BCUT2D eigenvalue weighted by Gasteiger charge is 2.30. The number of carbonyl (C=O) groups excluding carboxylic acids is 4. The monoisotopic (exact) mass is 1460 g/mol. The van der Waals surface area contributed by atoms with E-state index in [2.05, 4.69) is 186 Å². The van der Waals surface area contributed by atoms with E-state index < -0.39 is 97.5 Å². The van der Waals surface area contributed by atoms with Gasteiger partial charge < -0.3 is 33.8 Å². The standard InChI is InChI=1S/C83H134O17P2/c1-5-9-13-17-21-25-29-32-35-37-38-40-43-45-49-52-56-60-64-68-80(85)93-73-78(99-82(87)69-65-61-57-53-47-28-24-20-16-12-8-4)75-97-101(89,90)95-71-77(84)72-96-102(91,92)98-76-79(100-83(88)70-66-62-58-54-50-46-41-34-31-27-23-19-15-11-7-3)74-94-81(86)67-63-59-55-51-48-44-42-39-36-33-30-26-22-18-14-10-6-2/h9-11,13-15,20-27,32-36,38,40-42,44-45,49,51,55,77-79,84H,5-8,12,16-19,28-31,37,39,43,46-48,50,52-54,56-76H2,1-4H3,(H,89,90)(H,91,92)/b13-9-,14-10-,15-11-,24-20-,25-21-,26-22-,27-23-,35-32-,36-33-,40-38-,41-34-,44-42-,49-45-,55-51-. The predicted molar refractivity (Wildman–Crippen MR) is 417 cm³/mol. The van der Waals surface area contributed by atoms with Crippen molar-refractivity contribution in [3.8, 4) is 0 Å². The first-order valence-electron chi connectivity index (χ1n) is 38.4. The minimum Gasteiger partial charge on any atom is -0.462 e. The Kier molecular flexibility index (Phi) is 69.7. The van der Waals surface area contributed by atoms with Crippen molar-refractivity contribution in [1.82, 2.24) is 0 Å². The zero-order chi connectivity index (χ0) is 74.6. The number of esters is 4. The molecule has 17 nitrogen and oxygen atoms in total. The van der Waals surface area contributed by atoms with E-state index in [0.29, 0.717) is 32.1 Å². The van der Waals surface area contributed by atoms with Crippen molar-refractivity contribution >= 4 is 39.5 Å². The summed E-state index contributed by atoms with van der Waals surface area (Å²) in [5.41, 5.74) is 0. The fourth-order valence-electron chi connectivity index (χ4n) is 9.39. The molecule has 102 heavy (non-hydrogen) atoms. The molecule has 0 aromatic carbocycles. The van der Waals surface area contributed by atoms with Crippen LogP contribution in [-0.2, 0) is 65.4 Å². The maximum absolute atomic E-state index is 13.1. The summed E-state index contributed by atoms with van der Waals surface area (Å²) in [5, 5.41) is 10.6. The summed E-state index contributed by atoms with van der Waals surface area (Å²) in [4.78, 5) is 72.9. The number of hydrogen-bond donors (Lipinski definition) is 3. The van der Waals surface area contributed by atoms with Crippen molar-refractivity contribution in [2.24, 2.45) is 0 Å². The lowest BCUT2D eigenvalue weighted by Gasteiger charge is -2.21. The van der Waals surface area contributed by atoms with Gasteiger partial charge in [-0.15, -0.1) is 0 Å². The molecule has 0 aliphatic carbocycles. The molecular weight excluding hydrogens is 1330 g/mol. The smallest absolute Gasteiger partial charge is 0.462 e. The summed E-state index contributed by atoms with van der Waals surface area (Å²) < 4.78 is 68.4. The zero-order valence-electron chi connectivity index (χ0n) is 63.0. The molecule has 0 fully saturated rings. The molecule has 578 valence electrons. The van der Waals surface area contributed by atoms with Crippen LogP contribution in [0.3, 0.4) is 0 Å². The molecule has 0 aromatic heterocycles. The molecule has 0 radical (unpaired) electrons. The lowest BCUT2D eigenvalue weighted by atomic mass is 10.1.